The van der Waals surface area contributed by atoms with E-state index in [1.54, 1.807) is 0 Å². The Kier molecular flexibility index (Phi) is 8.02. The molecule has 2 aromatic carbocycles. The molecule has 154 valence electrons. The highest BCUT2D eigenvalue weighted by Gasteiger charge is 2.29. The monoisotopic (exact) mass is 424 g/mol. The van der Waals surface area contributed by atoms with E-state index in [1.807, 2.05) is 37.3 Å². The Morgan fingerprint density at radius 2 is 1.96 bits per heavy atom. The SMILES string of the molecule is Cc1cc(OC(C)N2CCNCC2c2cccc(Cl)c2)c(C(C)C)cc1O.Cl. The second-order valence-corrected chi connectivity index (χ2v) is 8.00. The average Bonchev–Trinajstić information content (AvgIpc) is 2.64. The first-order valence-electron chi connectivity index (χ1n) is 9.59. The maximum Gasteiger partial charge on any atom is 0.150 e. The second kappa shape index (κ2) is 9.84. The average molecular weight is 425 g/mol. The Labute approximate surface area is 179 Å². The van der Waals surface area contributed by atoms with Crippen LogP contribution >= 0.6 is 24.0 Å². The summed E-state index contributed by atoms with van der Waals surface area (Å²) in [6, 6.07) is 12.0. The number of aromatic hydroxyl groups is 1. The number of aryl methyl sites for hydroxylation is 1. The van der Waals surface area contributed by atoms with E-state index in [4.69, 9.17) is 16.3 Å². The zero-order valence-electron chi connectivity index (χ0n) is 16.9. The van der Waals surface area contributed by atoms with Crippen LogP contribution in [0.5, 0.6) is 11.5 Å². The van der Waals surface area contributed by atoms with Gasteiger partial charge in [-0.2, -0.15) is 0 Å². The smallest absolute Gasteiger partial charge is 0.150 e. The van der Waals surface area contributed by atoms with Crippen LogP contribution < -0.4 is 10.1 Å². The summed E-state index contributed by atoms with van der Waals surface area (Å²) in [4.78, 5) is 2.37. The highest BCUT2D eigenvalue weighted by molar-refractivity contribution is 6.30. The number of phenolic OH excluding ortho intramolecular Hbond substituents is 1. The van der Waals surface area contributed by atoms with Gasteiger partial charge in [-0.05, 0) is 55.2 Å². The van der Waals surface area contributed by atoms with Gasteiger partial charge in [-0.25, -0.2) is 0 Å². The summed E-state index contributed by atoms with van der Waals surface area (Å²) < 4.78 is 6.42. The molecule has 2 aromatic rings. The van der Waals surface area contributed by atoms with Crippen molar-refractivity contribution in [1.82, 2.24) is 10.2 Å². The maximum atomic E-state index is 10.1. The zero-order valence-corrected chi connectivity index (χ0v) is 18.5. The van der Waals surface area contributed by atoms with E-state index in [2.05, 4.69) is 37.1 Å². The van der Waals surface area contributed by atoms with Crippen LogP contribution in [-0.2, 0) is 0 Å². The van der Waals surface area contributed by atoms with E-state index in [-0.39, 0.29) is 30.6 Å². The zero-order chi connectivity index (χ0) is 19.6. The van der Waals surface area contributed by atoms with Crippen LogP contribution in [0.15, 0.2) is 36.4 Å². The van der Waals surface area contributed by atoms with Crippen molar-refractivity contribution in [2.45, 2.75) is 45.9 Å². The normalized spacial score (nSPS) is 18.6. The fourth-order valence-corrected chi connectivity index (χ4v) is 3.87. The third kappa shape index (κ3) is 5.12. The molecule has 1 saturated heterocycles. The van der Waals surface area contributed by atoms with Gasteiger partial charge in [0.25, 0.3) is 0 Å². The van der Waals surface area contributed by atoms with Crippen molar-refractivity contribution in [2.24, 2.45) is 0 Å². The van der Waals surface area contributed by atoms with E-state index in [9.17, 15) is 5.11 Å². The molecule has 1 aliphatic heterocycles. The topological polar surface area (TPSA) is 44.7 Å². The van der Waals surface area contributed by atoms with Crippen LogP contribution in [0.2, 0.25) is 5.02 Å². The molecule has 0 aliphatic carbocycles. The molecule has 0 saturated carbocycles. The Morgan fingerprint density at radius 3 is 2.64 bits per heavy atom. The second-order valence-electron chi connectivity index (χ2n) is 7.56. The Balaban J connectivity index is 0.00000280. The molecule has 0 spiro atoms. The van der Waals surface area contributed by atoms with Crippen molar-refractivity contribution >= 4 is 24.0 Å². The van der Waals surface area contributed by atoms with Gasteiger partial charge in [0.15, 0.2) is 0 Å². The fourth-order valence-electron chi connectivity index (χ4n) is 3.67. The predicted octanol–water partition coefficient (Wildman–Crippen LogP) is 5.27. The third-order valence-corrected chi connectivity index (χ3v) is 5.47. The van der Waals surface area contributed by atoms with Gasteiger partial charge >= 0.3 is 0 Å². The molecule has 4 nitrogen and oxygen atoms in total. The van der Waals surface area contributed by atoms with Gasteiger partial charge in [0, 0.05) is 30.2 Å². The first kappa shape index (κ1) is 22.8. The van der Waals surface area contributed by atoms with Crippen LogP contribution in [0.3, 0.4) is 0 Å². The molecule has 0 bridgehead atoms. The number of phenols is 1. The minimum atomic E-state index is -0.0995. The summed E-state index contributed by atoms with van der Waals surface area (Å²) in [5.74, 6) is 1.43. The first-order chi connectivity index (χ1) is 12.9. The number of hydrogen-bond donors (Lipinski definition) is 2. The van der Waals surface area contributed by atoms with Gasteiger partial charge in [-0.15, -0.1) is 12.4 Å². The van der Waals surface area contributed by atoms with E-state index < -0.39 is 0 Å². The number of halogens is 2. The number of ether oxygens (including phenoxy) is 1. The van der Waals surface area contributed by atoms with E-state index in [0.717, 1.165) is 41.5 Å². The number of nitrogens with one attached hydrogen (secondary N) is 1. The predicted molar refractivity (Wildman–Crippen MR) is 118 cm³/mol. The molecule has 1 aliphatic rings. The molecule has 1 fully saturated rings. The number of nitrogens with zero attached hydrogens (tertiary/aromatic N) is 1. The van der Waals surface area contributed by atoms with Crippen LogP contribution in [0, 0.1) is 6.92 Å². The van der Waals surface area contributed by atoms with E-state index >= 15 is 0 Å². The molecule has 6 heteroatoms. The van der Waals surface area contributed by atoms with Crippen LogP contribution in [0.1, 0.15) is 49.4 Å². The number of rotatable bonds is 5. The highest BCUT2D eigenvalue weighted by Crippen LogP contribution is 2.35. The summed E-state index contributed by atoms with van der Waals surface area (Å²) in [5, 5.41) is 14.3. The molecule has 0 radical (unpaired) electrons. The molecule has 2 unspecified atom stereocenters. The molecule has 2 atom stereocenters. The lowest BCUT2D eigenvalue weighted by Gasteiger charge is -2.40. The Morgan fingerprint density at radius 1 is 1.21 bits per heavy atom. The van der Waals surface area contributed by atoms with Gasteiger partial charge in [-0.3, -0.25) is 4.90 Å². The molecule has 28 heavy (non-hydrogen) atoms. The number of benzene rings is 2. The fraction of sp³-hybridized carbons (Fsp3) is 0.455. The van der Waals surface area contributed by atoms with Gasteiger partial charge in [-0.1, -0.05) is 37.6 Å². The Bertz CT molecular complexity index is 798. The molecule has 1 heterocycles. The van der Waals surface area contributed by atoms with Crippen LogP contribution in [-0.4, -0.2) is 35.9 Å². The van der Waals surface area contributed by atoms with Crippen molar-refractivity contribution in [3.05, 3.63) is 58.1 Å². The van der Waals surface area contributed by atoms with Crippen LogP contribution in [0.4, 0.5) is 0 Å². The Hall–Kier alpha value is -1.46. The summed E-state index contributed by atoms with van der Waals surface area (Å²) >= 11 is 6.22. The van der Waals surface area contributed by atoms with Crippen molar-refractivity contribution < 1.29 is 9.84 Å². The van der Waals surface area contributed by atoms with Crippen molar-refractivity contribution in [3.8, 4) is 11.5 Å². The van der Waals surface area contributed by atoms with Gasteiger partial charge < -0.3 is 15.2 Å². The third-order valence-electron chi connectivity index (χ3n) is 5.23. The van der Waals surface area contributed by atoms with Crippen molar-refractivity contribution in [3.63, 3.8) is 0 Å². The van der Waals surface area contributed by atoms with Gasteiger partial charge in [0.05, 0.1) is 6.04 Å². The van der Waals surface area contributed by atoms with E-state index in [0.29, 0.717) is 5.75 Å². The molecule has 3 rings (SSSR count). The van der Waals surface area contributed by atoms with Crippen molar-refractivity contribution in [2.75, 3.05) is 19.6 Å². The lowest BCUT2D eigenvalue weighted by atomic mass is 9.99. The highest BCUT2D eigenvalue weighted by atomic mass is 35.5. The number of piperazine rings is 1. The van der Waals surface area contributed by atoms with Crippen molar-refractivity contribution in [1.29, 1.82) is 0 Å². The molecule has 2 N–H and O–H groups in total. The standard InChI is InChI=1S/C22H29ClN2O2.ClH/c1-14(2)19-12-21(26)15(3)10-22(19)27-16(4)25-9-8-24-13-20(25)17-6-5-7-18(23)11-17;/h5-7,10-12,14,16,20,24,26H,8-9,13H2,1-4H3;1H. The van der Waals surface area contributed by atoms with E-state index in [1.165, 1.54) is 5.56 Å². The largest absolute Gasteiger partial charge is 0.508 e. The summed E-state index contributed by atoms with van der Waals surface area (Å²) in [7, 11) is 0. The van der Waals surface area contributed by atoms with Gasteiger partial charge in [0.1, 0.15) is 17.7 Å². The lowest BCUT2D eigenvalue weighted by Crippen LogP contribution is -2.51. The summed E-state index contributed by atoms with van der Waals surface area (Å²) in [5.41, 5.74) is 3.05. The molecule has 0 amide bonds. The molecular formula is C22H30Cl2N2O2. The first-order valence-corrected chi connectivity index (χ1v) is 9.96. The molecule has 0 aromatic heterocycles. The minimum absolute atomic E-state index is 0. The van der Waals surface area contributed by atoms with Gasteiger partial charge in [0.2, 0.25) is 0 Å². The quantitative estimate of drug-likeness (QED) is 0.685. The summed E-state index contributed by atoms with van der Waals surface area (Å²) in [6.45, 7) is 10.9. The van der Waals surface area contributed by atoms with Crippen LogP contribution in [0.25, 0.3) is 0 Å². The molecular weight excluding hydrogens is 395 g/mol. The lowest BCUT2D eigenvalue weighted by molar-refractivity contribution is -0.00642. The number of hydrogen-bond acceptors (Lipinski definition) is 4. The minimum Gasteiger partial charge on any atom is -0.508 e. The summed E-state index contributed by atoms with van der Waals surface area (Å²) in [6.07, 6.45) is -0.0995. The maximum absolute atomic E-state index is 10.1.